The maximum Gasteiger partial charge on any atom is 0.0780 e. The molecule has 0 aliphatic rings. The Balaban J connectivity index is 2.81. The van der Waals surface area contributed by atoms with Crippen LogP contribution in [0.15, 0.2) is 24.5 Å². The maximum atomic E-state index is 9.96. The monoisotopic (exact) mass is 194 g/mol. The second kappa shape index (κ2) is 4.07. The lowest BCUT2D eigenvalue weighted by atomic mass is 9.83. The summed E-state index contributed by atoms with van der Waals surface area (Å²) >= 11 is 0. The number of aliphatic hydroxyl groups excluding tert-OH is 1. The van der Waals surface area contributed by atoms with Crippen LogP contribution in [0.25, 0.3) is 0 Å². The fourth-order valence-electron chi connectivity index (χ4n) is 1.31. The minimum atomic E-state index is -0.551. The van der Waals surface area contributed by atoms with Crippen LogP contribution >= 0.6 is 0 Å². The zero-order valence-corrected chi connectivity index (χ0v) is 8.94. The summed E-state index contributed by atoms with van der Waals surface area (Å²) in [7, 11) is 0. The number of hydrogen-bond donors (Lipinski definition) is 2. The quantitative estimate of drug-likeness (QED) is 0.750. The standard InChI is InChI=1S/C11H18N2O/c1-11(2,3)10(14)9(12)8-4-6-13-7-5-8/h4-7,9-10,14H,12H2,1-3H3. The summed E-state index contributed by atoms with van der Waals surface area (Å²) in [6.07, 6.45) is 2.82. The summed E-state index contributed by atoms with van der Waals surface area (Å²) in [5.41, 5.74) is 6.66. The minimum Gasteiger partial charge on any atom is -0.391 e. The highest BCUT2D eigenvalue weighted by Gasteiger charge is 2.28. The van der Waals surface area contributed by atoms with Gasteiger partial charge in [0.2, 0.25) is 0 Å². The predicted molar refractivity (Wildman–Crippen MR) is 56.6 cm³/mol. The van der Waals surface area contributed by atoms with E-state index in [9.17, 15) is 5.11 Å². The average Bonchev–Trinajstić information content (AvgIpc) is 2.15. The maximum absolute atomic E-state index is 9.96. The molecule has 0 amide bonds. The van der Waals surface area contributed by atoms with Crippen LogP contribution in [0, 0.1) is 5.41 Å². The molecule has 3 nitrogen and oxygen atoms in total. The van der Waals surface area contributed by atoms with E-state index in [1.54, 1.807) is 12.4 Å². The number of aromatic nitrogens is 1. The molecule has 14 heavy (non-hydrogen) atoms. The number of rotatable bonds is 2. The van der Waals surface area contributed by atoms with Gasteiger partial charge in [-0.05, 0) is 23.1 Å². The zero-order valence-electron chi connectivity index (χ0n) is 8.94. The first-order chi connectivity index (χ1) is 6.43. The van der Waals surface area contributed by atoms with Crippen molar-refractivity contribution in [3.63, 3.8) is 0 Å². The molecule has 3 N–H and O–H groups in total. The Hall–Kier alpha value is -0.930. The van der Waals surface area contributed by atoms with Crippen LogP contribution in [-0.4, -0.2) is 16.2 Å². The van der Waals surface area contributed by atoms with E-state index in [-0.39, 0.29) is 11.5 Å². The largest absolute Gasteiger partial charge is 0.391 e. The van der Waals surface area contributed by atoms with Crippen molar-refractivity contribution in [3.05, 3.63) is 30.1 Å². The van der Waals surface area contributed by atoms with Crippen molar-refractivity contribution in [3.8, 4) is 0 Å². The summed E-state index contributed by atoms with van der Waals surface area (Å²) in [6.45, 7) is 5.91. The first kappa shape index (κ1) is 11.1. The van der Waals surface area contributed by atoms with Crippen LogP contribution < -0.4 is 5.73 Å². The Labute approximate surface area is 85.0 Å². The molecular weight excluding hydrogens is 176 g/mol. The molecule has 2 unspecified atom stereocenters. The van der Waals surface area contributed by atoms with E-state index in [4.69, 9.17) is 5.73 Å². The second-order valence-electron chi connectivity index (χ2n) is 4.62. The van der Waals surface area contributed by atoms with E-state index in [1.807, 2.05) is 32.9 Å². The molecule has 1 rings (SSSR count). The Morgan fingerprint density at radius 2 is 1.79 bits per heavy atom. The van der Waals surface area contributed by atoms with E-state index < -0.39 is 6.10 Å². The molecule has 2 atom stereocenters. The fourth-order valence-corrected chi connectivity index (χ4v) is 1.31. The average molecular weight is 194 g/mol. The number of hydrogen-bond acceptors (Lipinski definition) is 3. The van der Waals surface area contributed by atoms with Crippen LogP contribution in [0.1, 0.15) is 32.4 Å². The minimum absolute atomic E-state index is 0.206. The van der Waals surface area contributed by atoms with Crippen molar-refractivity contribution in [2.75, 3.05) is 0 Å². The van der Waals surface area contributed by atoms with E-state index in [0.717, 1.165) is 5.56 Å². The van der Waals surface area contributed by atoms with Gasteiger partial charge in [-0.1, -0.05) is 20.8 Å². The predicted octanol–water partition coefficient (Wildman–Crippen LogP) is 1.49. The first-order valence-electron chi connectivity index (χ1n) is 4.76. The summed E-state index contributed by atoms with van der Waals surface area (Å²) in [5.74, 6) is 0. The number of aliphatic hydroxyl groups is 1. The molecule has 0 aliphatic heterocycles. The van der Waals surface area contributed by atoms with Gasteiger partial charge in [0.05, 0.1) is 12.1 Å². The second-order valence-corrected chi connectivity index (χ2v) is 4.62. The lowest BCUT2D eigenvalue weighted by Crippen LogP contribution is -2.36. The molecular formula is C11H18N2O. The molecule has 0 spiro atoms. The molecule has 0 fully saturated rings. The van der Waals surface area contributed by atoms with Crippen LogP contribution in [0.3, 0.4) is 0 Å². The van der Waals surface area contributed by atoms with Gasteiger partial charge in [0.1, 0.15) is 0 Å². The van der Waals surface area contributed by atoms with Crippen molar-refractivity contribution < 1.29 is 5.11 Å². The lowest BCUT2D eigenvalue weighted by Gasteiger charge is -2.30. The van der Waals surface area contributed by atoms with Gasteiger partial charge in [-0.25, -0.2) is 0 Å². The van der Waals surface area contributed by atoms with Gasteiger partial charge in [0, 0.05) is 12.4 Å². The molecule has 0 radical (unpaired) electrons. The Morgan fingerprint density at radius 3 is 2.21 bits per heavy atom. The molecule has 3 heteroatoms. The SMILES string of the molecule is CC(C)(C)C(O)C(N)c1ccncc1. The fraction of sp³-hybridized carbons (Fsp3) is 0.545. The van der Waals surface area contributed by atoms with E-state index >= 15 is 0 Å². The van der Waals surface area contributed by atoms with Gasteiger partial charge in [-0.15, -0.1) is 0 Å². The van der Waals surface area contributed by atoms with Crippen molar-refractivity contribution in [2.45, 2.75) is 32.9 Å². The van der Waals surface area contributed by atoms with Gasteiger partial charge in [-0.3, -0.25) is 4.98 Å². The lowest BCUT2D eigenvalue weighted by molar-refractivity contribution is 0.0401. The van der Waals surface area contributed by atoms with E-state index in [1.165, 1.54) is 0 Å². The molecule has 0 aromatic carbocycles. The molecule has 0 saturated heterocycles. The number of nitrogens with two attached hydrogens (primary N) is 1. The van der Waals surface area contributed by atoms with Gasteiger partial charge >= 0.3 is 0 Å². The van der Waals surface area contributed by atoms with Crippen LogP contribution in [0.2, 0.25) is 0 Å². The molecule has 1 heterocycles. The van der Waals surface area contributed by atoms with Gasteiger partial charge in [0.25, 0.3) is 0 Å². The van der Waals surface area contributed by atoms with Gasteiger partial charge < -0.3 is 10.8 Å². The summed E-state index contributed by atoms with van der Waals surface area (Å²) < 4.78 is 0. The van der Waals surface area contributed by atoms with Crippen molar-refractivity contribution in [1.29, 1.82) is 0 Å². The highest BCUT2D eigenvalue weighted by molar-refractivity contribution is 5.16. The third-order valence-electron chi connectivity index (χ3n) is 2.32. The molecule has 78 valence electrons. The number of nitrogens with zero attached hydrogens (tertiary/aromatic N) is 1. The van der Waals surface area contributed by atoms with Crippen LogP contribution in [0.4, 0.5) is 0 Å². The summed E-state index contributed by atoms with van der Waals surface area (Å²) in [4.78, 5) is 3.91. The van der Waals surface area contributed by atoms with E-state index in [2.05, 4.69) is 4.98 Å². The number of pyridine rings is 1. The smallest absolute Gasteiger partial charge is 0.0780 e. The highest BCUT2D eigenvalue weighted by atomic mass is 16.3. The van der Waals surface area contributed by atoms with Crippen LogP contribution in [0.5, 0.6) is 0 Å². The van der Waals surface area contributed by atoms with Crippen molar-refractivity contribution >= 4 is 0 Å². The molecule has 0 bridgehead atoms. The zero-order chi connectivity index (χ0) is 10.8. The Bertz CT molecular complexity index is 279. The molecule has 1 aromatic rings. The molecule has 1 aromatic heterocycles. The highest BCUT2D eigenvalue weighted by Crippen LogP contribution is 2.27. The Kier molecular flexibility index (Phi) is 3.24. The van der Waals surface area contributed by atoms with Crippen LogP contribution in [-0.2, 0) is 0 Å². The van der Waals surface area contributed by atoms with E-state index in [0.29, 0.717) is 0 Å². The third-order valence-corrected chi connectivity index (χ3v) is 2.32. The summed E-state index contributed by atoms with van der Waals surface area (Å²) in [5, 5.41) is 9.96. The normalized spacial score (nSPS) is 16.4. The van der Waals surface area contributed by atoms with Crippen molar-refractivity contribution in [2.24, 2.45) is 11.1 Å². The molecule has 0 saturated carbocycles. The first-order valence-corrected chi connectivity index (χ1v) is 4.76. The summed E-state index contributed by atoms with van der Waals surface area (Å²) in [6, 6.07) is 3.32. The topological polar surface area (TPSA) is 59.1 Å². The third kappa shape index (κ3) is 2.53. The molecule has 0 aliphatic carbocycles. The van der Waals surface area contributed by atoms with Gasteiger partial charge in [0.15, 0.2) is 0 Å². The Morgan fingerprint density at radius 1 is 1.29 bits per heavy atom. The van der Waals surface area contributed by atoms with Gasteiger partial charge in [-0.2, -0.15) is 0 Å². The van der Waals surface area contributed by atoms with Crippen molar-refractivity contribution in [1.82, 2.24) is 4.98 Å².